The van der Waals surface area contributed by atoms with Gasteiger partial charge in [-0.15, -0.1) is 0 Å². The van der Waals surface area contributed by atoms with E-state index in [0.29, 0.717) is 12.0 Å². The van der Waals surface area contributed by atoms with E-state index in [4.69, 9.17) is 5.11 Å². The van der Waals surface area contributed by atoms with Gasteiger partial charge in [0.05, 0.1) is 11.8 Å². The molecule has 0 unspecified atom stereocenters. The van der Waals surface area contributed by atoms with Gasteiger partial charge in [0.2, 0.25) is 0 Å². The minimum Gasteiger partial charge on any atom is -0.507 e. The molecule has 0 bridgehead atoms. The molecule has 0 saturated heterocycles. The summed E-state index contributed by atoms with van der Waals surface area (Å²) in [5.74, 6) is 1.15. The molecule has 156 valence electrons. The Labute approximate surface area is 166 Å². The molecule has 27 heavy (non-hydrogen) atoms. The highest BCUT2D eigenvalue weighted by Crippen LogP contribution is 2.31. The zero-order chi connectivity index (χ0) is 19.7. The molecule has 1 aromatic heterocycles. The maximum Gasteiger partial charge on any atom is 0.342 e. The highest BCUT2D eigenvalue weighted by molar-refractivity contribution is 5.26. The van der Waals surface area contributed by atoms with Gasteiger partial charge in [-0.1, -0.05) is 110 Å². The van der Waals surface area contributed by atoms with Crippen molar-refractivity contribution in [1.82, 2.24) is 0 Å². The average molecular weight is 379 g/mol. The average Bonchev–Trinajstić information content (AvgIpc) is 2.62. The predicted octanol–water partition coefficient (Wildman–Crippen LogP) is 7.40. The Hall–Kier alpha value is -1.25. The summed E-state index contributed by atoms with van der Waals surface area (Å²) < 4.78 is 4.51. The molecule has 0 aromatic carbocycles. The molecule has 1 heterocycles. The molecule has 0 aliphatic heterocycles. The Balaban J connectivity index is 0.000000309. The second-order valence-corrected chi connectivity index (χ2v) is 8.05. The van der Waals surface area contributed by atoms with E-state index in [-0.39, 0.29) is 5.75 Å². The molecule has 1 aliphatic carbocycles. The van der Waals surface area contributed by atoms with Crippen LogP contribution in [0.4, 0.5) is 0 Å². The van der Waals surface area contributed by atoms with Crippen molar-refractivity contribution in [3.63, 3.8) is 0 Å². The molecular formula is C24H42O3. The van der Waals surface area contributed by atoms with E-state index in [9.17, 15) is 4.79 Å². The Kier molecular flexibility index (Phi) is 13.9. The van der Waals surface area contributed by atoms with Crippen molar-refractivity contribution in [2.45, 2.75) is 117 Å². The molecular weight excluding hydrogens is 336 g/mol. The molecule has 0 radical (unpaired) electrons. The molecule has 0 atom stereocenters. The molecule has 3 heteroatoms. The third kappa shape index (κ3) is 11.2. The normalized spacial score (nSPS) is 13.7. The summed E-state index contributed by atoms with van der Waals surface area (Å²) in [5, 5.41) is 9.03. The van der Waals surface area contributed by atoms with Crippen LogP contribution in [0.25, 0.3) is 0 Å². The van der Waals surface area contributed by atoms with Gasteiger partial charge < -0.3 is 9.52 Å². The lowest BCUT2D eigenvalue weighted by atomic mass is 9.81. The maximum atomic E-state index is 10.7. The molecule has 1 N–H and O–H groups in total. The van der Waals surface area contributed by atoms with E-state index >= 15 is 0 Å². The molecule has 1 saturated carbocycles. The van der Waals surface area contributed by atoms with Gasteiger partial charge in [-0.05, 0) is 12.3 Å². The molecule has 0 spiro atoms. The number of aromatic hydroxyl groups is 1. The fourth-order valence-corrected chi connectivity index (χ4v) is 3.64. The minimum atomic E-state index is -0.456. The third-order valence-electron chi connectivity index (χ3n) is 5.75. The van der Waals surface area contributed by atoms with Gasteiger partial charge in [0.25, 0.3) is 0 Å². The van der Waals surface area contributed by atoms with Crippen molar-refractivity contribution in [3.8, 4) is 5.75 Å². The largest absolute Gasteiger partial charge is 0.507 e. The van der Waals surface area contributed by atoms with Crippen LogP contribution in [0.5, 0.6) is 5.75 Å². The van der Waals surface area contributed by atoms with E-state index < -0.39 is 5.63 Å². The molecule has 0 amide bonds. The topological polar surface area (TPSA) is 50.4 Å². The summed E-state index contributed by atoms with van der Waals surface area (Å²) in [7, 11) is 0. The van der Waals surface area contributed by atoms with E-state index in [0.717, 1.165) is 5.92 Å². The van der Waals surface area contributed by atoms with Crippen molar-refractivity contribution in [3.05, 3.63) is 28.3 Å². The molecule has 2 rings (SSSR count). The fraction of sp³-hybridized carbons (Fsp3) is 0.792. The summed E-state index contributed by atoms with van der Waals surface area (Å²) in [6, 6.07) is 1.36. The lowest BCUT2D eigenvalue weighted by Crippen LogP contribution is -2.10. The Morgan fingerprint density at radius 1 is 0.926 bits per heavy atom. The second kappa shape index (κ2) is 15.8. The van der Waals surface area contributed by atoms with Crippen molar-refractivity contribution >= 4 is 0 Å². The van der Waals surface area contributed by atoms with E-state index in [1.54, 1.807) is 6.92 Å². The number of hydrogen-bond donors (Lipinski definition) is 1. The van der Waals surface area contributed by atoms with Crippen LogP contribution in [-0.4, -0.2) is 5.11 Å². The van der Waals surface area contributed by atoms with Crippen molar-refractivity contribution < 1.29 is 9.52 Å². The first kappa shape index (κ1) is 23.8. The quantitative estimate of drug-likeness (QED) is 0.364. The number of rotatable bonds is 13. The predicted molar refractivity (Wildman–Crippen MR) is 114 cm³/mol. The Morgan fingerprint density at radius 3 is 1.89 bits per heavy atom. The Bertz CT molecular complexity index is 517. The molecule has 1 aliphatic rings. The monoisotopic (exact) mass is 378 g/mol. The summed E-state index contributed by atoms with van der Waals surface area (Å²) in [6.07, 6.45) is 24.1. The van der Waals surface area contributed by atoms with Crippen LogP contribution in [0, 0.1) is 5.92 Å². The first-order valence-corrected chi connectivity index (χ1v) is 11.5. The summed E-state index contributed by atoms with van der Waals surface area (Å²) in [4.78, 5) is 10.7. The van der Waals surface area contributed by atoms with Crippen molar-refractivity contribution in [2.24, 2.45) is 5.92 Å². The maximum absolute atomic E-state index is 10.7. The molecule has 1 aromatic rings. The first-order chi connectivity index (χ1) is 13.2. The van der Waals surface area contributed by atoms with Crippen LogP contribution < -0.4 is 5.63 Å². The second-order valence-electron chi connectivity index (χ2n) is 8.05. The van der Waals surface area contributed by atoms with Crippen LogP contribution in [0.3, 0.4) is 0 Å². The molecule has 1 fully saturated rings. The van der Waals surface area contributed by atoms with Gasteiger partial charge in [0.1, 0.15) is 5.75 Å². The summed E-state index contributed by atoms with van der Waals surface area (Å²) in [5.41, 5.74) is -0.120. The highest BCUT2D eigenvalue weighted by Gasteiger charge is 2.15. The first-order valence-electron chi connectivity index (χ1n) is 11.5. The van der Waals surface area contributed by atoms with Gasteiger partial charge in [0, 0.05) is 6.07 Å². The zero-order valence-electron chi connectivity index (χ0n) is 17.8. The zero-order valence-corrected chi connectivity index (χ0v) is 17.8. The van der Waals surface area contributed by atoms with Crippen LogP contribution >= 0.6 is 0 Å². The lowest BCUT2D eigenvalue weighted by Gasteiger charge is -2.24. The van der Waals surface area contributed by atoms with Gasteiger partial charge >= 0.3 is 5.63 Å². The van der Waals surface area contributed by atoms with Gasteiger partial charge in [-0.25, -0.2) is 4.79 Å². The van der Waals surface area contributed by atoms with Crippen LogP contribution in [0.2, 0.25) is 0 Å². The number of hydrogen-bond acceptors (Lipinski definition) is 3. The number of unbranched alkanes of at least 4 members (excludes halogenated alkanes) is 10. The van der Waals surface area contributed by atoms with Crippen LogP contribution in [0.15, 0.2) is 21.5 Å². The standard InChI is InChI=1S/C17H34.C7H8O3/c1-2-3-4-5-6-7-8-9-10-11-12-14-17-15-13-16-17;1-2-5-6(8)3-4-10-7(5)9/h17H,2-16H2,1H3;3-4,8H,2H2,1H3. The van der Waals surface area contributed by atoms with E-state index in [1.165, 1.54) is 109 Å². The van der Waals surface area contributed by atoms with Crippen molar-refractivity contribution in [2.75, 3.05) is 0 Å². The summed E-state index contributed by atoms with van der Waals surface area (Å²) in [6.45, 7) is 4.08. The van der Waals surface area contributed by atoms with Crippen LogP contribution in [0.1, 0.15) is 116 Å². The lowest BCUT2D eigenvalue weighted by molar-refractivity contribution is 0.286. The van der Waals surface area contributed by atoms with Gasteiger partial charge in [-0.2, -0.15) is 0 Å². The van der Waals surface area contributed by atoms with E-state index in [2.05, 4.69) is 11.3 Å². The van der Waals surface area contributed by atoms with Gasteiger partial charge in [0.15, 0.2) is 0 Å². The highest BCUT2D eigenvalue weighted by atomic mass is 16.4. The SMILES string of the molecule is CCCCCCCCCCCCCC1CCC1.CCc1c(O)ccoc1=O. The minimum absolute atomic E-state index is 0.0127. The Morgan fingerprint density at radius 2 is 1.48 bits per heavy atom. The third-order valence-corrected chi connectivity index (χ3v) is 5.75. The summed E-state index contributed by atoms with van der Waals surface area (Å²) >= 11 is 0. The smallest absolute Gasteiger partial charge is 0.342 e. The molecule has 3 nitrogen and oxygen atoms in total. The van der Waals surface area contributed by atoms with E-state index in [1.807, 2.05) is 0 Å². The van der Waals surface area contributed by atoms with Gasteiger partial charge in [-0.3, -0.25) is 0 Å². The van der Waals surface area contributed by atoms with Crippen LogP contribution in [-0.2, 0) is 6.42 Å². The fourth-order valence-electron chi connectivity index (χ4n) is 3.64. The van der Waals surface area contributed by atoms with Crippen molar-refractivity contribution in [1.29, 1.82) is 0 Å².